The molecule has 0 aliphatic carbocycles. The number of ether oxygens (including phenoxy) is 1. The molecule has 13 heavy (non-hydrogen) atoms. The molecular weight excluding hydrogens is 190 g/mol. The Morgan fingerprint density at radius 2 is 1.92 bits per heavy atom. The predicted molar refractivity (Wildman–Crippen MR) is 54.1 cm³/mol. The Morgan fingerprint density at radius 3 is 2.38 bits per heavy atom. The van der Waals surface area contributed by atoms with Crippen LogP contribution >= 0.6 is 12.4 Å². The quantitative estimate of drug-likeness (QED) is 0.695. The van der Waals surface area contributed by atoms with E-state index in [0.717, 1.165) is 25.9 Å². The molecule has 0 unspecified atom stereocenters. The molecule has 78 valence electrons. The van der Waals surface area contributed by atoms with Crippen LogP contribution in [0, 0.1) is 5.92 Å². The first-order valence-electron chi connectivity index (χ1n) is 4.61. The molecule has 0 aromatic heterocycles. The van der Waals surface area contributed by atoms with Gasteiger partial charge in [-0.3, -0.25) is 4.79 Å². The number of carbonyl (C=O) groups is 1. The fourth-order valence-electron chi connectivity index (χ4n) is 1.39. The molecule has 1 saturated heterocycles. The van der Waals surface area contributed by atoms with Gasteiger partial charge in [-0.25, -0.2) is 0 Å². The maximum Gasteiger partial charge on any atom is 0.309 e. The lowest BCUT2D eigenvalue weighted by molar-refractivity contribution is -0.153. The summed E-state index contributed by atoms with van der Waals surface area (Å²) < 4.78 is 5.12. The zero-order valence-corrected chi connectivity index (χ0v) is 9.02. The van der Waals surface area contributed by atoms with Crippen molar-refractivity contribution >= 4 is 18.4 Å². The van der Waals surface area contributed by atoms with Gasteiger partial charge < -0.3 is 10.1 Å². The third-order valence-electron chi connectivity index (χ3n) is 2.02. The molecule has 0 spiro atoms. The molecule has 1 fully saturated rings. The van der Waals surface area contributed by atoms with Crippen molar-refractivity contribution in [2.75, 3.05) is 13.1 Å². The maximum atomic E-state index is 11.4. The van der Waals surface area contributed by atoms with Crippen LogP contribution in [0.25, 0.3) is 0 Å². The lowest BCUT2D eigenvalue weighted by Gasteiger charge is -2.21. The molecule has 1 heterocycles. The lowest BCUT2D eigenvalue weighted by Crippen LogP contribution is -2.33. The van der Waals surface area contributed by atoms with Crippen molar-refractivity contribution in [3.8, 4) is 0 Å². The number of carbonyl (C=O) groups excluding carboxylic acids is 1. The van der Waals surface area contributed by atoms with Crippen LogP contribution < -0.4 is 5.32 Å². The van der Waals surface area contributed by atoms with Gasteiger partial charge in [0, 0.05) is 0 Å². The highest BCUT2D eigenvalue weighted by molar-refractivity contribution is 5.85. The van der Waals surface area contributed by atoms with Crippen molar-refractivity contribution in [3.63, 3.8) is 0 Å². The molecule has 0 radical (unpaired) electrons. The van der Waals surface area contributed by atoms with Gasteiger partial charge in [-0.1, -0.05) is 0 Å². The molecule has 0 atom stereocenters. The van der Waals surface area contributed by atoms with Crippen LogP contribution in [0.1, 0.15) is 26.7 Å². The van der Waals surface area contributed by atoms with Gasteiger partial charge in [0.05, 0.1) is 12.0 Å². The van der Waals surface area contributed by atoms with Gasteiger partial charge >= 0.3 is 5.97 Å². The minimum absolute atomic E-state index is 0. The van der Waals surface area contributed by atoms with Crippen LogP contribution in [0.15, 0.2) is 0 Å². The Hall–Kier alpha value is -0.280. The minimum Gasteiger partial charge on any atom is -0.463 e. The molecule has 3 nitrogen and oxygen atoms in total. The third-order valence-corrected chi connectivity index (χ3v) is 2.02. The average Bonchev–Trinajstić information content (AvgIpc) is 2.05. The number of hydrogen-bond donors (Lipinski definition) is 1. The third kappa shape index (κ3) is 4.48. The Labute approximate surface area is 85.6 Å². The topological polar surface area (TPSA) is 38.3 Å². The fourth-order valence-corrected chi connectivity index (χ4v) is 1.39. The Balaban J connectivity index is 0.00000144. The average molecular weight is 208 g/mol. The van der Waals surface area contributed by atoms with E-state index in [1.807, 2.05) is 13.8 Å². The summed E-state index contributed by atoms with van der Waals surface area (Å²) in [5, 5.41) is 3.22. The van der Waals surface area contributed by atoms with Gasteiger partial charge in [0.15, 0.2) is 0 Å². The monoisotopic (exact) mass is 207 g/mol. The largest absolute Gasteiger partial charge is 0.463 e. The predicted octanol–water partition coefficient (Wildman–Crippen LogP) is 1.36. The zero-order valence-electron chi connectivity index (χ0n) is 8.21. The summed E-state index contributed by atoms with van der Waals surface area (Å²) in [6, 6.07) is 0. The summed E-state index contributed by atoms with van der Waals surface area (Å²) >= 11 is 0. The van der Waals surface area contributed by atoms with E-state index < -0.39 is 0 Å². The van der Waals surface area contributed by atoms with Gasteiger partial charge in [0.1, 0.15) is 0 Å². The van der Waals surface area contributed by atoms with Crippen LogP contribution in [-0.2, 0) is 9.53 Å². The first-order chi connectivity index (χ1) is 5.70. The Kier molecular flexibility index (Phi) is 6.08. The van der Waals surface area contributed by atoms with Crippen molar-refractivity contribution in [1.29, 1.82) is 0 Å². The zero-order chi connectivity index (χ0) is 8.97. The number of piperidine rings is 1. The number of hydrogen-bond acceptors (Lipinski definition) is 3. The van der Waals surface area contributed by atoms with Crippen LogP contribution in [0.2, 0.25) is 0 Å². The summed E-state index contributed by atoms with van der Waals surface area (Å²) in [6.45, 7) is 5.66. The molecule has 4 heteroatoms. The van der Waals surface area contributed by atoms with E-state index >= 15 is 0 Å². The summed E-state index contributed by atoms with van der Waals surface area (Å²) in [5.41, 5.74) is 0. The molecule has 1 aliphatic heterocycles. The van der Waals surface area contributed by atoms with E-state index in [9.17, 15) is 4.79 Å². The first-order valence-corrected chi connectivity index (χ1v) is 4.61. The van der Waals surface area contributed by atoms with E-state index in [0.29, 0.717) is 0 Å². The number of esters is 1. The van der Waals surface area contributed by atoms with Gasteiger partial charge in [-0.05, 0) is 39.8 Å². The van der Waals surface area contributed by atoms with Crippen molar-refractivity contribution in [2.45, 2.75) is 32.8 Å². The van der Waals surface area contributed by atoms with E-state index in [2.05, 4.69) is 5.32 Å². The molecule has 0 bridgehead atoms. The SMILES string of the molecule is CC(C)OC(=O)C1CCNCC1.Cl. The van der Waals surface area contributed by atoms with Crippen LogP contribution in [0.3, 0.4) is 0 Å². The highest BCUT2D eigenvalue weighted by atomic mass is 35.5. The molecule has 1 aliphatic rings. The standard InChI is InChI=1S/C9H17NO2.ClH/c1-7(2)12-9(11)8-3-5-10-6-4-8;/h7-8,10H,3-6H2,1-2H3;1H. The van der Waals surface area contributed by atoms with Gasteiger partial charge in [-0.2, -0.15) is 0 Å². The maximum absolute atomic E-state index is 11.4. The number of halogens is 1. The number of nitrogens with one attached hydrogen (secondary N) is 1. The van der Waals surface area contributed by atoms with Crippen LogP contribution in [0.5, 0.6) is 0 Å². The Bertz CT molecular complexity index is 156. The van der Waals surface area contributed by atoms with Crippen molar-refractivity contribution in [3.05, 3.63) is 0 Å². The summed E-state index contributed by atoms with van der Waals surface area (Å²) in [6.07, 6.45) is 1.87. The van der Waals surface area contributed by atoms with Crippen molar-refractivity contribution in [2.24, 2.45) is 5.92 Å². The normalized spacial score (nSPS) is 18.1. The lowest BCUT2D eigenvalue weighted by atomic mass is 9.98. The summed E-state index contributed by atoms with van der Waals surface area (Å²) in [4.78, 5) is 11.4. The van der Waals surface area contributed by atoms with Gasteiger partial charge in [-0.15, -0.1) is 12.4 Å². The molecule has 0 aromatic carbocycles. The molecule has 0 saturated carbocycles. The van der Waals surface area contributed by atoms with E-state index in [-0.39, 0.29) is 30.4 Å². The van der Waals surface area contributed by atoms with Gasteiger partial charge in [0.2, 0.25) is 0 Å². The number of rotatable bonds is 2. The molecule has 1 rings (SSSR count). The minimum atomic E-state index is -0.0218. The second-order valence-corrected chi connectivity index (χ2v) is 3.51. The van der Waals surface area contributed by atoms with Crippen LogP contribution in [-0.4, -0.2) is 25.2 Å². The molecule has 0 aromatic rings. The molecular formula is C9H18ClNO2. The smallest absolute Gasteiger partial charge is 0.309 e. The second-order valence-electron chi connectivity index (χ2n) is 3.51. The van der Waals surface area contributed by atoms with Crippen molar-refractivity contribution < 1.29 is 9.53 Å². The first kappa shape index (κ1) is 12.7. The molecule has 0 amide bonds. The molecule has 1 N–H and O–H groups in total. The summed E-state index contributed by atoms with van der Waals surface area (Å²) in [7, 11) is 0. The van der Waals surface area contributed by atoms with Gasteiger partial charge in [0.25, 0.3) is 0 Å². The second kappa shape index (κ2) is 6.22. The Morgan fingerprint density at radius 1 is 1.38 bits per heavy atom. The summed E-state index contributed by atoms with van der Waals surface area (Å²) in [5.74, 6) is 0.111. The van der Waals surface area contributed by atoms with E-state index in [1.165, 1.54) is 0 Å². The van der Waals surface area contributed by atoms with Crippen LogP contribution in [0.4, 0.5) is 0 Å². The fraction of sp³-hybridized carbons (Fsp3) is 0.889. The van der Waals surface area contributed by atoms with E-state index in [1.54, 1.807) is 0 Å². The van der Waals surface area contributed by atoms with Crippen molar-refractivity contribution in [1.82, 2.24) is 5.32 Å². The highest BCUT2D eigenvalue weighted by Gasteiger charge is 2.22. The highest BCUT2D eigenvalue weighted by Crippen LogP contribution is 2.13. The van der Waals surface area contributed by atoms with E-state index in [4.69, 9.17) is 4.74 Å².